The van der Waals surface area contributed by atoms with Gasteiger partial charge in [0.2, 0.25) is 5.91 Å². The normalized spacial score (nSPS) is 17.2. The van der Waals surface area contributed by atoms with Gasteiger partial charge in [-0.1, -0.05) is 35.4 Å². The summed E-state index contributed by atoms with van der Waals surface area (Å²) in [6.07, 6.45) is 1.61. The van der Waals surface area contributed by atoms with E-state index in [9.17, 15) is 9.59 Å². The Labute approximate surface area is 152 Å². The molecule has 1 atom stereocenters. The number of hydrogen-bond acceptors (Lipinski definition) is 2. The van der Waals surface area contributed by atoms with Crippen molar-refractivity contribution in [3.8, 4) is 0 Å². The molecular weight excluding hydrogens is 336 g/mol. The molecule has 3 rings (SSSR count). The van der Waals surface area contributed by atoms with Crippen LogP contribution in [0.25, 0.3) is 0 Å². The summed E-state index contributed by atoms with van der Waals surface area (Å²) in [6.45, 7) is 3.11. The van der Waals surface area contributed by atoms with Gasteiger partial charge in [-0.15, -0.1) is 0 Å². The van der Waals surface area contributed by atoms with Crippen LogP contribution >= 0.6 is 11.6 Å². The summed E-state index contributed by atoms with van der Waals surface area (Å²) in [5, 5.41) is 3.49. The van der Waals surface area contributed by atoms with Crippen LogP contribution in [0.4, 0.5) is 5.69 Å². The van der Waals surface area contributed by atoms with Crippen molar-refractivity contribution in [3.63, 3.8) is 0 Å². The molecule has 0 aliphatic carbocycles. The van der Waals surface area contributed by atoms with E-state index in [0.29, 0.717) is 23.7 Å². The lowest BCUT2D eigenvalue weighted by atomic mass is 9.96. The minimum Gasteiger partial charge on any atom is -0.338 e. The third-order valence-electron chi connectivity index (χ3n) is 4.47. The van der Waals surface area contributed by atoms with Crippen molar-refractivity contribution < 1.29 is 9.59 Å². The number of rotatable bonds is 3. The van der Waals surface area contributed by atoms with E-state index in [0.717, 1.165) is 24.1 Å². The van der Waals surface area contributed by atoms with Crippen LogP contribution in [0.15, 0.2) is 48.5 Å². The summed E-state index contributed by atoms with van der Waals surface area (Å²) in [6, 6.07) is 14.6. The average Bonchev–Trinajstić information content (AvgIpc) is 2.63. The zero-order chi connectivity index (χ0) is 17.8. The second-order valence-electron chi connectivity index (χ2n) is 6.46. The van der Waals surface area contributed by atoms with Crippen LogP contribution < -0.4 is 5.32 Å². The number of halogens is 1. The van der Waals surface area contributed by atoms with Gasteiger partial charge in [-0.05, 0) is 50.1 Å². The van der Waals surface area contributed by atoms with Crippen LogP contribution in [0.2, 0.25) is 5.02 Å². The van der Waals surface area contributed by atoms with Crippen molar-refractivity contribution in [1.82, 2.24) is 4.90 Å². The van der Waals surface area contributed by atoms with Crippen molar-refractivity contribution in [1.29, 1.82) is 0 Å². The van der Waals surface area contributed by atoms with E-state index in [4.69, 9.17) is 11.6 Å². The maximum absolute atomic E-state index is 12.7. The number of anilines is 1. The molecule has 1 fully saturated rings. The highest BCUT2D eigenvalue weighted by Gasteiger charge is 2.29. The summed E-state index contributed by atoms with van der Waals surface area (Å²) >= 11 is 5.97. The van der Waals surface area contributed by atoms with E-state index >= 15 is 0 Å². The van der Waals surface area contributed by atoms with Gasteiger partial charge in [0.25, 0.3) is 5.91 Å². The number of benzene rings is 2. The Morgan fingerprint density at radius 1 is 1.16 bits per heavy atom. The first-order chi connectivity index (χ1) is 12.0. The molecule has 1 saturated heterocycles. The second-order valence-corrected chi connectivity index (χ2v) is 6.89. The Bertz CT molecular complexity index is 774. The van der Waals surface area contributed by atoms with Gasteiger partial charge in [0, 0.05) is 29.4 Å². The van der Waals surface area contributed by atoms with Crippen LogP contribution in [-0.4, -0.2) is 29.8 Å². The first-order valence-corrected chi connectivity index (χ1v) is 8.83. The molecule has 5 heteroatoms. The van der Waals surface area contributed by atoms with Crippen molar-refractivity contribution in [2.24, 2.45) is 5.92 Å². The predicted octanol–water partition coefficient (Wildman–Crippen LogP) is 4.14. The van der Waals surface area contributed by atoms with Crippen LogP contribution in [-0.2, 0) is 4.79 Å². The van der Waals surface area contributed by atoms with Crippen molar-refractivity contribution in [3.05, 3.63) is 64.7 Å². The Balaban J connectivity index is 1.65. The van der Waals surface area contributed by atoms with Crippen molar-refractivity contribution >= 4 is 29.1 Å². The van der Waals surface area contributed by atoms with Gasteiger partial charge >= 0.3 is 0 Å². The van der Waals surface area contributed by atoms with Gasteiger partial charge < -0.3 is 10.2 Å². The number of piperidine rings is 1. The highest BCUT2D eigenvalue weighted by Crippen LogP contribution is 2.21. The number of amides is 2. The lowest BCUT2D eigenvalue weighted by molar-refractivity contribution is -0.121. The highest BCUT2D eigenvalue weighted by atomic mass is 35.5. The SMILES string of the molecule is Cc1ccc(NC(=O)[C@@H]2CCCN(C(=O)c3cccc(Cl)c3)C2)cc1. The number of carbonyl (C=O) groups is 2. The molecule has 0 aromatic heterocycles. The van der Waals surface area contributed by atoms with E-state index in [2.05, 4.69) is 5.32 Å². The quantitative estimate of drug-likeness (QED) is 0.898. The Morgan fingerprint density at radius 3 is 2.64 bits per heavy atom. The van der Waals surface area contributed by atoms with E-state index < -0.39 is 0 Å². The van der Waals surface area contributed by atoms with Crippen LogP contribution in [0.3, 0.4) is 0 Å². The summed E-state index contributed by atoms with van der Waals surface area (Å²) < 4.78 is 0. The molecule has 25 heavy (non-hydrogen) atoms. The summed E-state index contributed by atoms with van der Waals surface area (Å²) in [4.78, 5) is 26.9. The minimum atomic E-state index is -0.196. The summed E-state index contributed by atoms with van der Waals surface area (Å²) in [7, 11) is 0. The van der Waals surface area contributed by atoms with Gasteiger partial charge in [0.15, 0.2) is 0 Å². The monoisotopic (exact) mass is 356 g/mol. The molecule has 0 bridgehead atoms. The number of hydrogen-bond donors (Lipinski definition) is 1. The lowest BCUT2D eigenvalue weighted by Crippen LogP contribution is -2.43. The number of nitrogens with zero attached hydrogens (tertiary/aromatic N) is 1. The molecule has 0 unspecified atom stereocenters. The van der Waals surface area contributed by atoms with Crippen LogP contribution in [0, 0.1) is 12.8 Å². The molecule has 0 radical (unpaired) electrons. The van der Waals surface area contributed by atoms with Crippen LogP contribution in [0.5, 0.6) is 0 Å². The van der Waals surface area contributed by atoms with Crippen molar-refractivity contribution in [2.75, 3.05) is 18.4 Å². The molecule has 2 amide bonds. The molecule has 1 N–H and O–H groups in total. The summed E-state index contributed by atoms with van der Waals surface area (Å²) in [5.74, 6) is -0.305. The highest BCUT2D eigenvalue weighted by molar-refractivity contribution is 6.30. The van der Waals surface area contributed by atoms with Crippen molar-refractivity contribution in [2.45, 2.75) is 19.8 Å². The third-order valence-corrected chi connectivity index (χ3v) is 4.71. The van der Waals surface area contributed by atoms with E-state index in [-0.39, 0.29) is 17.7 Å². The zero-order valence-corrected chi connectivity index (χ0v) is 14.9. The standard InChI is InChI=1S/C20H21ClN2O2/c1-14-7-9-18(10-8-14)22-19(24)16-5-3-11-23(13-16)20(25)15-4-2-6-17(21)12-15/h2,4,6-10,12,16H,3,5,11,13H2,1H3,(H,22,24)/t16-/m1/s1. The molecule has 1 heterocycles. The van der Waals surface area contributed by atoms with Gasteiger partial charge in [0.05, 0.1) is 5.92 Å². The molecule has 2 aromatic carbocycles. The topological polar surface area (TPSA) is 49.4 Å². The van der Waals surface area contributed by atoms with Gasteiger partial charge in [0.1, 0.15) is 0 Å². The Morgan fingerprint density at radius 2 is 1.92 bits per heavy atom. The fraction of sp³-hybridized carbons (Fsp3) is 0.300. The van der Waals surface area contributed by atoms with Gasteiger partial charge in [-0.3, -0.25) is 9.59 Å². The number of aryl methyl sites for hydroxylation is 1. The Hall–Kier alpha value is -2.33. The fourth-order valence-corrected chi connectivity index (χ4v) is 3.25. The smallest absolute Gasteiger partial charge is 0.253 e. The lowest BCUT2D eigenvalue weighted by Gasteiger charge is -2.32. The van der Waals surface area contributed by atoms with E-state index in [1.807, 2.05) is 31.2 Å². The zero-order valence-electron chi connectivity index (χ0n) is 14.2. The maximum Gasteiger partial charge on any atom is 0.253 e. The predicted molar refractivity (Wildman–Crippen MR) is 99.9 cm³/mol. The van der Waals surface area contributed by atoms with Gasteiger partial charge in [-0.25, -0.2) is 0 Å². The molecule has 4 nitrogen and oxygen atoms in total. The molecule has 0 saturated carbocycles. The average molecular weight is 357 g/mol. The number of likely N-dealkylation sites (tertiary alicyclic amines) is 1. The molecular formula is C20H21ClN2O2. The number of carbonyl (C=O) groups excluding carboxylic acids is 2. The second kappa shape index (κ2) is 7.70. The summed E-state index contributed by atoms with van der Waals surface area (Å²) in [5.41, 5.74) is 2.50. The fourth-order valence-electron chi connectivity index (χ4n) is 3.06. The number of nitrogens with one attached hydrogen (secondary N) is 1. The Kier molecular flexibility index (Phi) is 5.39. The first kappa shape index (κ1) is 17.5. The molecule has 2 aromatic rings. The van der Waals surface area contributed by atoms with Crippen LogP contribution in [0.1, 0.15) is 28.8 Å². The van der Waals surface area contributed by atoms with E-state index in [1.54, 1.807) is 29.2 Å². The van der Waals surface area contributed by atoms with Gasteiger partial charge in [-0.2, -0.15) is 0 Å². The molecule has 0 spiro atoms. The third kappa shape index (κ3) is 4.40. The minimum absolute atomic E-state index is 0.0348. The molecule has 130 valence electrons. The first-order valence-electron chi connectivity index (χ1n) is 8.45. The maximum atomic E-state index is 12.7. The molecule has 1 aliphatic heterocycles. The van der Waals surface area contributed by atoms with E-state index in [1.165, 1.54) is 0 Å². The molecule has 1 aliphatic rings. The largest absolute Gasteiger partial charge is 0.338 e.